The molecule has 4 aromatic heterocycles. The summed E-state index contributed by atoms with van der Waals surface area (Å²) < 4.78 is 79.4. The van der Waals surface area contributed by atoms with E-state index in [2.05, 4.69) is 70.8 Å². The molecule has 84 heavy (non-hydrogen) atoms. The van der Waals surface area contributed by atoms with Crippen LogP contribution in [0.3, 0.4) is 0 Å². The van der Waals surface area contributed by atoms with Crippen molar-refractivity contribution >= 4 is 61.6 Å². The number of H-pyrrole nitrogens is 1. The second-order valence-corrected chi connectivity index (χ2v) is 26.2. The van der Waals surface area contributed by atoms with Crippen molar-refractivity contribution in [3.05, 3.63) is 136 Å². The molecular weight excluding hydrogens is 1120 g/mol. The predicted molar refractivity (Wildman–Crippen MR) is 315 cm³/mol. The molecule has 0 bridgehead atoms. The molecule has 444 valence electrons. The number of carbonyl (C=O) groups excluding carboxylic acids is 3. The highest BCUT2D eigenvalue weighted by Gasteiger charge is 2.48. The highest BCUT2D eigenvalue weighted by molar-refractivity contribution is 7.90. The number of piperidine rings is 1. The minimum absolute atomic E-state index is 0.00283. The zero-order valence-corrected chi connectivity index (χ0v) is 49.3. The van der Waals surface area contributed by atoms with Gasteiger partial charge in [-0.15, -0.1) is 11.3 Å². The van der Waals surface area contributed by atoms with Crippen LogP contribution in [0, 0.1) is 36.8 Å². The number of amides is 2. The van der Waals surface area contributed by atoms with E-state index >= 15 is 8.78 Å². The van der Waals surface area contributed by atoms with Crippen LogP contribution < -0.4 is 14.9 Å². The fourth-order valence-electron chi connectivity index (χ4n) is 12.6. The first kappa shape index (κ1) is 58.7. The lowest BCUT2D eigenvalue weighted by Crippen LogP contribution is -2.54. The van der Waals surface area contributed by atoms with E-state index in [1.165, 1.54) is 11.1 Å². The second-order valence-electron chi connectivity index (χ2n) is 23.6. The van der Waals surface area contributed by atoms with E-state index in [0.717, 1.165) is 108 Å². The lowest BCUT2D eigenvalue weighted by Gasteiger charge is -2.43. The maximum absolute atomic E-state index is 15.9. The molecular formula is C61H70F3N11O7S2. The van der Waals surface area contributed by atoms with Gasteiger partial charge in [-0.05, 0) is 98.4 Å². The van der Waals surface area contributed by atoms with Crippen LogP contribution in [0.15, 0.2) is 95.2 Å². The van der Waals surface area contributed by atoms with E-state index in [1.807, 2.05) is 62.7 Å². The molecule has 2 amide bonds. The van der Waals surface area contributed by atoms with Crippen LogP contribution in [-0.4, -0.2) is 161 Å². The summed E-state index contributed by atoms with van der Waals surface area (Å²) in [5, 5.41) is 18.6. The minimum atomic E-state index is -4.37. The topological polar surface area (TPSA) is 213 Å². The summed E-state index contributed by atoms with van der Waals surface area (Å²) in [6.07, 6.45) is 2.94. The summed E-state index contributed by atoms with van der Waals surface area (Å²) >= 11 is 1.58. The Morgan fingerprint density at radius 2 is 1.60 bits per heavy atom. The Bertz CT molecular complexity index is 3650. The number of piperazine rings is 1. The SMILES string of the molecule is Cc1cc(C(C(=O)N2C[C@H](O)C[C@H]2C(=O)N[C@@H](C)c2ccc(-c3scnc3C)cc2)C(C)(C)CN2CCN(CC3CCN(c4ccc(-c5cnc6[nH]cc(C(=O)c7c(F)ccc(NS(=O)(=O)N8CC[C@@H](F)C8)c7F)c6c5)cc4)CC3)CC2)on1. The number of β-amino-alcohol motifs (C(OH)–C–C–N with tert-alkyl or cyclic N) is 1. The molecule has 8 heterocycles. The number of halogens is 3. The molecule has 5 atom stereocenters. The maximum atomic E-state index is 15.9. The third-order valence-electron chi connectivity index (χ3n) is 17.2. The molecule has 4 aliphatic heterocycles. The number of carbonyl (C=O) groups is 3. The fourth-order valence-corrected chi connectivity index (χ4v) is 14.6. The van der Waals surface area contributed by atoms with Crippen molar-refractivity contribution in [3.63, 3.8) is 0 Å². The first-order valence-corrected chi connectivity index (χ1v) is 31.0. The van der Waals surface area contributed by atoms with Gasteiger partial charge in [0.05, 0.1) is 45.2 Å². The molecule has 1 unspecified atom stereocenters. The number of thiazole rings is 1. The molecule has 4 aliphatic rings. The van der Waals surface area contributed by atoms with Crippen molar-refractivity contribution in [2.45, 2.75) is 90.6 Å². The number of aryl methyl sites for hydroxylation is 2. The molecule has 18 nitrogen and oxygen atoms in total. The Hall–Kier alpha value is -7.02. The van der Waals surface area contributed by atoms with Crippen molar-refractivity contribution in [2.75, 3.05) is 81.6 Å². The molecule has 4 saturated heterocycles. The average Bonchev–Trinajstić information content (AvgIpc) is 2.52. The van der Waals surface area contributed by atoms with Gasteiger partial charge in [-0.1, -0.05) is 55.4 Å². The molecule has 23 heteroatoms. The number of rotatable bonds is 18. The number of benzene rings is 3. The van der Waals surface area contributed by atoms with Gasteiger partial charge in [0.1, 0.15) is 35.4 Å². The molecule has 0 saturated carbocycles. The van der Waals surface area contributed by atoms with Gasteiger partial charge in [-0.2, -0.15) is 12.7 Å². The Labute approximate surface area is 490 Å². The van der Waals surface area contributed by atoms with Crippen LogP contribution in [0.2, 0.25) is 0 Å². The third-order valence-corrected chi connectivity index (χ3v) is 19.6. The number of nitrogens with one attached hydrogen (secondary N) is 3. The largest absolute Gasteiger partial charge is 0.391 e. The quantitative estimate of drug-likeness (QED) is 0.0593. The lowest BCUT2D eigenvalue weighted by atomic mass is 9.75. The van der Waals surface area contributed by atoms with Crippen molar-refractivity contribution in [3.8, 4) is 21.6 Å². The Balaban J connectivity index is 0.672. The number of aromatic nitrogens is 4. The Morgan fingerprint density at radius 1 is 0.881 bits per heavy atom. The summed E-state index contributed by atoms with van der Waals surface area (Å²) in [7, 11) is -4.37. The number of pyridine rings is 1. The molecule has 0 aliphatic carbocycles. The second kappa shape index (κ2) is 24.2. The van der Waals surface area contributed by atoms with Crippen LogP contribution in [0.25, 0.3) is 32.6 Å². The predicted octanol–water partition coefficient (Wildman–Crippen LogP) is 8.65. The normalized spacial score (nSPS) is 20.4. The number of fused-ring (bicyclic) bond motifs is 1. The smallest absolute Gasteiger partial charge is 0.301 e. The van der Waals surface area contributed by atoms with E-state index in [9.17, 15) is 32.3 Å². The Kier molecular flexibility index (Phi) is 16.9. The third kappa shape index (κ3) is 12.4. The summed E-state index contributed by atoms with van der Waals surface area (Å²) in [6.45, 7) is 16.2. The number of hydrogen-bond acceptors (Lipinski definition) is 14. The van der Waals surface area contributed by atoms with E-state index in [0.29, 0.717) is 40.5 Å². The van der Waals surface area contributed by atoms with E-state index in [4.69, 9.17) is 4.52 Å². The van der Waals surface area contributed by atoms with E-state index < -0.39 is 75.1 Å². The molecule has 7 aromatic rings. The van der Waals surface area contributed by atoms with Gasteiger partial charge in [0.25, 0.3) is 0 Å². The summed E-state index contributed by atoms with van der Waals surface area (Å²) in [4.78, 5) is 64.6. The van der Waals surface area contributed by atoms with Crippen LogP contribution in [0.5, 0.6) is 0 Å². The molecule has 4 fully saturated rings. The molecule has 0 radical (unpaired) electrons. The number of alkyl halides is 1. The van der Waals surface area contributed by atoms with Crippen molar-refractivity contribution in [1.82, 2.24) is 44.4 Å². The number of aliphatic hydroxyl groups excluding tert-OH is 1. The zero-order valence-electron chi connectivity index (χ0n) is 47.7. The minimum Gasteiger partial charge on any atom is -0.391 e. The van der Waals surface area contributed by atoms with E-state index in [-0.39, 0.29) is 49.4 Å². The standard InChI is InChI=1S/C61H70F3N11O7S2/c1-36-26-52(82-69-36)54(60(79)75-33-46(76)28-51(75)59(78)68-37(2)40-6-8-42(9-7-40)57-38(3)67-35-83-57)61(4,5)34-72-24-22-71(23-25-72)31-39-16-19-73(20-17-39)45-12-10-41(11-13-45)43-27-47-48(30-66-58(47)65-29-43)56(77)53-49(63)14-15-50(55(53)64)70-84(80,81)74-21-18-44(62)32-74/h6-15,26-27,29-30,35,37,39,44,46,51,54,70,76H,16-25,28,31-34H2,1-5H3,(H,65,66)(H,68,78)/t37-,44+,46+,51-,54?/m0/s1. The maximum Gasteiger partial charge on any atom is 0.301 e. The summed E-state index contributed by atoms with van der Waals surface area (Å²) in [5.41, 5.74) is 6.04. The van der Waals surface area contributed by atoms with Crippen LogP contribution in [0.1, 0.15) is 97.0 Å². The monoisotopic (exact) mass is 1190 g/mol. The average molecular weight is 1190 g/mol. The lowest BCUT2D eigenvalue weighted by molar-refractivity contribution is -0.143. The van der Waals surface area contributed by atoms with Gasteiger partial charge in [-0.25, -0.2) is 23.1 Å². The molecule has 4 N–H and O–H groups in total. The molecule has 0 spiro atoms. The highest BCUT2D eigenvalue weighted by atomic mass is 32.2. The number of ketones is 1. The Morgan fingerprint density at radius 3 is 2.26 bits per heavy atom. The number of aliphatic hydroxyl groups is 1. The van der Waals surface area contributed by atoms with Crippen molar-refractivity contribution in [2.24, 2.45) is 11.3 Å². The number of anilines is 2. The van der Waals surface area contributed by atoms with Gasteiger partial charge in [0.2, 0.25) is 17.6 Å². The first-order valence-electron chi connectivity index (χ1n) is 28.6. The van der Waals surface area contributed by atoms with Crippen molar-refractivity contribution in [1.29, 1.82) is 0 Å². The van der Waals surface area contributed by atoms with Gasteiger partial charge in [0, 0.05) is 119 Å². The number of likely N-dealkylation sites (tertiary alicyclic amines) is 1. The van der Waals surface area contributed by atoms with E-state index in [1.54, 1.807) is 29.7 Å². The van der Waals surface area contributed by atoms with Crippen LogP contribution in [0.4, 0.5) is 24.5 Å². The van der Waals surface area contributed by atoms with Crippen molar-refractivity contribution < 1.29 is 45.6 Å². The summed E-state index contributed by atoms with van der Waals surface area (Å²) in [6, 6.07) is 20.1. The number of nitrogens with zero attached hydrogens (tertiary/aromatic N) is 8. The summed E-state index contributed by atoms with van der Waals surface area (Å²) in [5.74, 6) is -3.95. The van der Waals surface area contributed by atoms with Crippen LogP contribution in [-0.2, 0) is 19.8 Å². The first-order chi connectivity index (χ1) is 40.2. The molecule has 11 rings (SSSR count). The fraction of sp³-hybridized carbons (Fsp3) is 0.443. The highest BCUT2D eigenvalue weighted by Crippen LogP contribution is 2.41. The number of aromatic amines is 1. The molecule has 3 aromatic carbocycles. The van der Waals surface area contributed by atoms with Gasteiger partial charge in [-0.3, -0.25) is 19.1 Å². The van der Waals surface area contributed by atoms with Gasteiger partial charge in [0.15, 0.2) is 5.82 Å². The van der Waals surface area contributed by atoms with Gasteiger partial charge >= 0.3 is 10.2 Å². The van der Waals surface area contributed by atoms with Gasteiger partial charge < -0.3 is 39.5 Å². The van der Waals surface area contributed by atoms with Crippen LogP contribution >= 0.6 is 11.3 Å². The zero-order chi connectivity index (χ0) is 59.2. The number of hydrogen-bond donors (Lipinski definition) is 4.